The molecule has 0 radical (unpaired) electrons. The van der Waals surface area contributed by atoms with Crippen molar-refractivity contribution >= 4 is 11.6 Å². The molecular formula is C26H33ClO3. The molecule has 0 N–H and O–H groups in total. The van der Waals surface area contributed by atoms with Crippen LogP contribution < -0.4 is 0 Å². The Morgan fingerprint density at radius 2 is 1.47 bits per heavy atom. The first-order valence-electron chi connectivity index (χ1n) is 11.3. The molecule has 1 heterocycles. The third-order valence-corrected chi connectivity index (χ3v) is 6.92. The maximum absolute atomic E-state index is 6.10. The van der Waals surface area contributed by atoms with Crippen molar-refractivity contribution in [2.45, 2.75) is 50.7 Å². The first-order chi connectivity index (χ1) is 14.7. The van der Waals surface area contributed by atoms with Crippen molar-refractivity contribution < 1.29 is 14.2 Å². The van der Waals surface area contributed by atoms with Gasteiger partial charge in [0.15, 0.2) is 6.29 Å². The molecule has 30 heavy (non-hydrogen) atoms. The fourth-order valence-corrected chi connectivity index (χ4v) is 4.95. The fraction of sp³-hybridized carbons (Fsp3) is 0.538. The first kappa shape index (κ1) is 21.8. The molecule has 4 heteroatoms. The minimum Gasteiger partial charge on any atom is -0.385 e. The van der Waals surface area contributed by atoms with Gasteiger partial charge in [-0.05, 0) is 73.3 Å². The van der Waals surface area contributed by atoms with Gasteiger partial charge in [-0.25, -0.2) is 0 Å². The SMILES string of the molecule is COCCC[C@H]1CO[C@H]([C@H]2CC[C@H](c3ccc(-c4ccc(Cl)cc4)cc3)CC2)OC1. The molecule has 1 saturated carbocycles. The van der Waals surface area contributed by atoms with E-state index in [1.54, 1.807) is 7.11 Å². The van der Waals surface area contributed by atoms with Crippen molar-refractivity contribution in [1.82, 2.24) is 0 Å². The van der Waals surface area contributed by atoms with E-state index in [1.165, 1.54) is 42.4 Å². The van der Waals surface area contributed by atoms with Gasteiger partial charge in [-0.1, -0.05) is 48.0 Å². The maximum atomic E-state index is 6.10. The molecule has 2 aromatic rings. The topological polar surface area (TPSA) is 27.7 Å². The fourth-order valence-electron chi connectivity index (χ4n) is 4.83. The molecule has 0 aromatic heterocycles. The highest BCUT2D eigenvalue weighted by atomic mass is 35.5. The lowest BCUT2D eigenvalue weighted by atomic mass is 9.78. The summed E-state index contributed by atoms with van der Waals surface area (Å²) in [6.07, 6.45) is 7.00. The molecule has 0 atom stereocenters. The Morgan fingerprint density at radius 3 is 2.07 bits per heavy atom. The van der Waals surface area contributed by atoms with E-state index in [1.807, 2.05) is 12.1 Å². The van der Waals surface area contributed by atoms with Crippen molar-refractivity contribution in [3.05, 3.63) is 59.1 Å². The Balaban J connectivity index is 1.24. The lowest BCUT2D eigenvalue weighted by molar-refractivity contribution is -0.229. The first-order valence-corrected chi connectivity index (χ1v) is 11.7. The van der Waals surface area contributed by atoms with E-state index >= 15 is 0 Å². The Bertz CT molecular complexity index is 758. The smallest absolute Gasteiger partial charge is 0.160 e. The van der Waals surface area contributed by atoms with E-state index < -0.39 is 0 Å². The summed E-state index contributed by atoms with van der Waals surface area (Å²) in [4.78, 5) is 0. The molecule has 162 valence electrons. The van der Waals surface area contributed by atoms with Crippen LogP contribution in [-0.4, -0.2) is 33.2 Å². The van der Waals surface area contributed by atoms with Gasteiger partial charge in [0.1, 0.15) is 0 Å². The zero-order chi connectivity index (χ0) is 20.8. The average Bonchev–Trinajstić information content (AvgIpc) is 2.81. The van der Waals surface area contributed by atoms with Crippen LogP contribution in [0.5, 0.6) is 0 Å². The van der Waals surface area contributed by atoms with Crippen LogP contribution in [0.3, 0.4) is 0 Å². The summed E-state index contributed by atoms with van der Waals surface area (Å²) in [5.74, 6) is 1.70. The van der Waals surface area contributed by atoms with Gasteiger partial charge in [0, 0.05) is 30.6 Å². The van der Waals surface area contributed by atoms with Crippen LogP contribution in [0.25, 0.3) is 11.1 Å². The monoisotopic (exact) mass is 428 g/mol. The predicted molar refractivity (Wildman–Crippen MR) is 122 cm³/mol. The summed E-state index contributed by atoms with van der Waals surface area (Å²) >= 11 is 6.00. The highest BCUT2D eigenvalue weighted by Gasteiger charge is 2.32. The van der Waals surface area contributed by atoms with E-state index in [-0.39, 0.29) is 6.29 Å². The van der Waals surface area contributed by atoms with Crippen LogP contribution in [0.1, 0.15) is 50.0 Å². The highest BCUT2D eigenvalue weighted by molar-refractivity contribution is 6.30. The number of ether oxygens (including phenoxy) is 3. The molecule has 0 amide bonds. The van der Waals surface area contributed by atoms with E-state index in [9.17, 15) is 0 Å². The number of halogens is 1. The second kappa shape index (κ2) is 10.8. The van der Waals surface area contributed by atoms with Crippen molar-refractivity contribution in [2.24, 2.45) is 11.8 Å². The number of hydrogen-bond acceptors (Lipinski definition) is 3. The van der Waals surface area contributed by atoms with Gasteiger partial charge in [0.2, 0.25) is 0 Å². The second-order valence-corrected chi connectivity index (χ2v) is 9.21. The summed E-state index contributed by atoms with van der Waals surface area (Å²) in [7, 11) is 1.76. The van der Waals surface area contributed by atoms with Gasteiger partial charge in [0.25, 0.3) is 0 Å². The highest BCUT2D eigenvalue weighted by Crippen LogP contribution is 2.39. The Kier molecular flexibility index (Phi) is 7.83. The largest absolute Gasteiger partial charge is 0.385 e. The molecular weight excluding hydrogens is 396 g/mol. The number of rotatable bonds is 7. The van der Waals surface area contributed by atoms with Gasteiger partial charge in [-0.2, -0.15) is 0 Å². The average molecular weight is 429 g/mol. The van der Waals surface area contributed by atoms with Gasteiger partial charge >= 0.3 is 0 Å². The van der Waals surface area contributed by atoms with E-state index in [0.29, 0.717) is 17.8 Å². The van der Waals surface area contributed by atoms with Crippen molar-refractivity contribution in [3.63, 3.8) is 0 Å². The van der Waals surface area contributed by atoms with Crippen LogP contribution in [0, 0.1) is 11.8 Å². The Labute approximate surface area is 185 Å². The maximum Gasteiger partial charge on any atom is 0.160 e. The third-order valence-electron chi connectivity index (χ3n) is 6.67. The predicted octanol–water partition coefficient (Wildman–Crippen LogP) is 6.70. The van der Waals surface area contributed by atoms with Crippen LogP contribution in [-0.2, 0) is 14.2 Å². The molecule has 1 aliphatic carbocycles. The standard InChI is InChI=1S/C26H33ClO3/c1-28-16-2-3-19-17-29-26(30-18-19)24-10-8-22(9-11-24)20-4-6-21(7-5-20)23-12-14-25(27)15-13-23/h4-7,12-15,19,22,24,26H,2-3,8-11,16-18H2,1H3/t19-,22-,24-,26-. The summed E-state index contributed by atoms with van der Waals surface area (Å²) < 4.78 is 17.3. The van der Waals surface area contributed by atoms with E-state index in [2.05, 4.69) is 36.4 Å². The summed E-state index contributed by atoms with van der Waals surface area (Å²) in [5.41, 5.74) is 3.91. The zero-order valence-corrected chi connectivity index (χ0v) is 18.7. The zero-order valence-electron chi connectivity index (χ0n) is 17.9. The van der Waals surface area contributed by atoms with Crippen LogP contribution in [0.15, 0.2) is 48.5 Å². The van der Waals surface area contributed by atoms with Gasteiger partial charge < -0.3 is 14.2 Å². The molecule has 1 aliphatic heterocycles. The summed E-state index contributed by atoms with van der Waals surface area (Å²) in [6, 6.07) is 17.1. The molecule has 0 unspecified atom stereocenters. The van der Waals surface area contributed by atoms with Crippen molar-refractivity contribution in [2.75, 3.05) is 26.9 Å². The molecule has 4 rings (SSSR count). The van der Waals surface area contributed by atoms with Crippen LogP contribution in [0.2, 0.25) is 5.02 Å². The Morgan fingerprint density at radius 1 is 0.867 bits per heavy atom. The van der Waals surface area contributed by atoms with Gasteiger partial charge in [-0.15, -0.1) is 0 Å². The molecule has 0 spiro atoms. The number of hydrogen-bond donors (Lipinski definition) is 0. The summed E-state index contributed by atoms with van der Waals surface area (Å²) in [6.45, 7) is 2.49. The Hall–Kier alpha value is -1.39. The number of benzene rings is 2. The van der Waals surface area contributed by atoms with Gasteiger partial charge in [-0.3, -0.25) is 0 Å². The van der Waals surface area contributed by atoms with Crippen LogP contribution in [0.4, 0.5) is 0 Å². The molecule has 2 aliphatic rings. The molecule has 0 bridgehead atoms. The minimum atomic E-state index is -0.00286. The lowest BCUT2D eigenvalue weighted by Crippen LogP contribution is -2.38. The van der Waals surface area contributed by atoms with Gasteiger partial charge in [0.05, 0.1) is 13.2 Å². The summed E-state index contributed by atoms with van der Waals surface area (Å²) in [5, 5.41) is 0.777. The lowest BCUT2D eigenvalue weighted by Gasteiger charge is -2.37. The number of methoxy groups -OCH3 is 1. The van der Waals surface area contributed by atoms with E-state index in [0.717, 1.165) is 37.7 Å². The van der Waals surface area contributed by atoms with Crippen molar-refractivity contribution in [1.29, 1.82) is 0 Å². The molecule has 2 aromatic carbocycles. The normalized spacial score (nSPS) is 27.1. The molecule has 1 saturated heterocycles. The molecule has 2 fully saturated rings. The molecule has 3 nitrogen and oxygen atoms in total. The second-order valence-electron chi connectivity index (χ2n) is 8.78. The van der Waals surface area contributed by atoms with Crippen LogP contribution >= 0.6 is 11.6 Å². The van der Waals surface area contributed by atoms with Crippen molar-refractivity contribution in [3.8, 4) is 11.1 Å². The quantitative estimate of drug-likeness (QED) is 0.459. The van der Waals surface area contributed by atoms with E-state index in [4.69, 9.17) is 25.8 Å². The minimum absolute atomic E-state index is 0.00286. The third kappa shape index (κ3) is 5.64.